The Morgan fingerprint density at radius 3 is 2.03 bits per heavy atom. The fraction of sp³-hybridized carbons (Fsp3) is 0.188. The van der Waals surface area contributed by atoms with Crippen LogP contribution in [-0.4, -0.2) is 25.2 Å². The topological polar surface area (TPSA) is 82.7 Å². The molecular formula is C32H34N4O3. The number of nitrogens with one attached hydrogen (secondary N) is 3. The number of carbonyl (C=O) groups is 2. The number of benzene rings is 4. The molecule has 0 bridgehead atoms. The van der Waals surface area contributed by atoms with Gasteiger partial charge in [0.05, 0.1) is 0 Å². The second-order valence-electron chi connectivity index (χ2n) is 9.14. The zero-order chi connectivity index (χ0) is 27.5. The molecule has 0 unspecified atom stereocenters. The molecular weight excluding hydrogens is 488 g/mol. The summed E-state index contributed by atoms with van der Waals surface area (Å²) >= 11 is 0. The smallest absolute Gasteiger partial charge is 0.326 e. The molecule has 0 aliphatic rings. The van der Waals surface area contributed by atoms with E-state index in [2.05, 4.69) is 22.9 Å². The van der Waals surface area contributed by atoms with Crippen LogP contribution in [0.4, 0.5) is 26.7 Å². The van der Waals surface area contributed by atoms with Gasteiger partial charge < -0.3 is 20.7 Å². The van der Waals surface area contributed by atoms with Crippen molar-refractivity contribution in [3.8, 4) is 11.5 Å². The molecule has 7 nitrogen and oxygen atoms in total. The summed E-state index contributed by atoms with van der Waals surface area (Å²) in [6.45, 7) is 4.90. The Kier molecular flexibility index (Phi) is 9.56. The lowest BCUT2D eigenvalue weighted by Gasteiger charge is -2.24. The summed E-state index contributed by atoms with van der Waals surface area (Å²) in [7, 11) is 0. The molecule has 4 aromatic carbocycles. The lowest BCUT2D eigenvalue weighted by molar-refractivity contribution is 0.252. The summed E-state index contributed by atoms with van der Waals surface area (Å²) in [6.07, 6.45) is 1.51. The molecule has 200 valence electrons. The second kappa shape index (κ2) is 13.7. The number of anilines is 3. The van der Waals surface area contributed by atoms with Crippen LogP contribution in [0.3, 0.4) is 0 Å². The van der Waals surface area contributed by atoms with Gasteiger partial charge in [0, 0.05) is 30.2 Å². The minimum absolute atomic E-state index is 0.254. The van der Waals surface area contributed by atoms with Gasteiger partial charge >= 0.3 is 12.1 Å². The number of hydrogen-bond donors (Lipinski definition) is 3. The number of carbonyl (C=O) groups excluding carboxylic acids is 2. The van der Waals surface area contributed by atoms with Crippen molar-refractivity contribution >= 4 is 29.1 Å². The zero-order valence-electron chi connectivity index (χ0n) is 22.3. The summed E-state index contributed by atoms with van der Waals surface area (Å²) in [5, 5.41) is 8.68. The first-order valence-corrected chi connectivity index (χ1v) is 13.1. The van der Waals surface area contributed by atoms with E-state index in [0.29, 0.717) is 30.9 Å². The molecule has 0 saturated heterocycles. The number of para-hydroxylation sites is 1. The lowest BCUT2D eigenvalue weighted by atomic mass is 10.1. The van der Waals surface area contributed by atoms with Crippen LogP contribution in [0, 0.1) is 6.92 Å². The molecule has 7 heteroatoms. The Hall–Kier alpha value is -4.78. The van der Waals surface area contributed by atoms with E-state index in [1.807, 2.05) is 110 Å². The van der Waals surface area contributed by atoms with Crippen molar-refractivity contribution in [2.45, 2.75) is 26.7 Å². The molecule has 0 aromatic heterocycles. The number of amides is 4. The van der Waals surface area contributed by atoms with Crippen LogP contribution in [0.2, 0.25) is 0 Å². The lowest BCUT2D eigenvalue weighted by Crippen LogP contribution is -2.38. The highest BCUT2D eigenvalue weighted by Gasteiger charge is 2.16. The van der Waals surface area contributed by atoms with E-state index in [4.69, 9.17) is 4.74 Å². The highest BCUT2D eigenvalue weighted by atomic mass is 16.5. The average Bonchev–Trinajstić information content (AvgIpc) is 2.96. The fourth-order valence-corrected chi connectivity index (χ4v) is 3.93. The first-order valence-electron chi connectivity index (χ1n) is 13.1. The highest BCUT2D eigenvalue weighted by Crippen LogP contribution is 2.25. The van der Waals surface area contributed by atoms with Crippen molar-refractivity contribution in [3.05, 3.63) is 114 Å². The Bertz CT molecular complexity index is 1340. The number of nitrogens with zero attached hydrogens (tertiary/aromatic N) is 1. The number of ether oxygens (including phenoxy) is 1. The SMILES string of the molecule is CCc1ccc(NC(=O)NCCCN(C(=O)Nc2ccc(C)cc2)c2ccc(Oc3ccccc3)cc2)cc1. The minimum atomic E-state index is -0.280. The first kappa shape index (κ1) is 27.3. The van der Waals surface area contributed by atoms with E-state index in [1.54, 1.807) is 4.90 Å². The second-order valence-corrected chi connectivity index (χ2v) is 9.14. The maximum Gasteiger partial charge on any atom is 0.326 e. The molecule has 0 heterocycles. The molecule has 3 N–H and O–H groups in total. The van der Waals surface area contributed by atoms with Gasteiger partial charge in [0.2, 0.25) is 0 Å². The predicted octanol–water partition coefficient (Wildman–Crippen LogP) is 7.60. The molecule has 4 aromatic rings. The summed E-state index contributed by atoms with van der Waals surface area (Å²) in [4.78, 5) is 27.3. The third kappa shape index (κ3) is 8.36. The molecule has 0 radical (unpaired) electrons. The molecule has 4 rings (SSSR count). The van der Waals surface area contributed by atoms with Gasteiger partial charge in [0.15, 0.2) is 0 Å². The van der Waals surface area contributed by atoms with Crippen molar-refractivity contribution < 1.29 is 14.3 Å². The van der Waals surface area contributed by atoms with E-state index < -0.39 is 0 Å². The van der Waals surface area contributed by atoms with Crippen LogP contribution in [0.15, 0.2) is 103 Å². The maximum atomic E-state index is 13.3. The number of aryl methyl sites for hydroxylation is 2. The molecule has 0 spiro atoms. The molecule has 0 aliphatic carbocycles. The van der Waals surface area contributed by atoms with E-state index in [9.17, 15) is 9.59 Å². The van der Waals surface area contributed by atoms with Crippen LogP contribution in [0.1, 0.15) is 24.5 Å². The Labute approximate surface area is 229 Å². The summed E-state index contributed by atoms with van der Waals surface area (Å²) in [6, 6.07) is 31.8. The molecule has 39 heavy (non-hydrogen) atoms. The van der Waals surface area contributed by atoms with Crippen LogP contribution >= 0.6 is 0 Å². The van der Waals surface area contributed by atoms with Crippen LogP contribution in [0.25, 0.3) is 0 Å². The van der Waals surface area contributed by atoms with E-state index in [-0.39, 0.29) is 12.1 Å². The molecule has 0 saturated carbocycles. The standard InChI is InChI=1S/C32H34N4O3/c1-3-25-12-16-26(17-13-25)34-31(37)33-22-7-23-36(32(38)35-27-14-10-24(2)11-15-27)28-18-20-30(21-19-28)39-29-8-5-4-6-9-29/h4-6,8-21H,3,7,22-23H2,1-2H3,(H,35,38)(H2,33,34,37). The van der Waals surface area contributed by atoms with Gasteiger partial charge in [-0.25, -0.2) is 9.59 Å². The molecule has 0 fully saturated rings. The number of rotatable bonds is 10. The predicted molar refractivity (Wildman–Crippen MR) is 158 cm³/mol. The van der Waals surface area contributed by atoms with E-state index in [0.717, 1.165) is 29.1 Å². The Morgan fingerprint density at radius 1 is 0.744 bits per heavy atom. The normalized spacial score (nSPS) is 10.4. The fourth-order valence-electron chi connectivity index (χ4n) is 3.93. The Balaban J connectivity index is 1.37. The third-order valence-corrected chi connectivity index (χ3v) is 6.14. The highest BCUT2D eigenvalue weighted by molar-refractivity contribution is 6.01. The summed E-state index contributed by atoms with van der Waals surface area (Å²) in [5.74, 6) is 1.42. The first-order chi connectivity index (χ1) is 19.0. The van der Waals surface area contributed by atoms with Gasteiger partial charge in [-0.2, -0.15) is 0 Å². The molecule has 0 aliphatic heterocycles. The van der Waals surface area contributed by atoms with Gasteiger partial charge in [-0.3, -0.25) is 4.90 Å². The largest absolute Gasteiger partial charge is 0.457 e. The van der Waals surface area contributed by atoms with Crippen LogP contribution in [0.5, 0.6) is 11.5 Å². The van der Waals surface area contributed by atoms with Gasteiger partial charge in [-0.1, -0.05) is 55.0 Å². The van der Waals surface area contributed by atoms with Crippen molar-refractivity contribution in [2.75, 3.05) is 28.6 Å². The van der Waals surface area contributed by atoms with Crippen molar-refractivity contribution in [2.24, 2.45) is 0 Å². The zero-order valence-corrected chi connectivity index (χ0v) is 22.3. The number of urea groups is 2. The quantitative estimate of drug-likeness (QED) is 0.188. The van der Waals surface area contributed by atoms with Gasteiger partial charge in [-0.15, -0.1) is 0 Å². The minimum Gasteiger partial charge on any atom is -0.457 e. The Morgan fingerprint density at radius 2 is 1.36 bits per heavy atom. The van der Waals surface area contributed by atoms with E-state index in [1.165, 1.54) is 5.56 Å². The third-order valence-electron chi connectivity index (χ3n) is 6.14. The molecule has 4 amide bonds. The van der Waals surface area contributed by atoms with Crippen molar-refractivity contribution in [1.82, 2.24) is 5.32 Å². The van der Waals surface area contributed by atoms with E-state index >= 15 is 0 Å². The van der Waals surface area contributed by atoms with Crippen LogP contribution in [-0.2, 0) is 6.42 Å². The maximum absolute atomic E-state index is 13.3. The molecule has 0 atom stereocenters. The van der Waals surface area contributed by atoms with Crippen LogP contribution < -0.4 is 25.6 Å². The summed E-state index contributed by atoms with van der Waals surface area (Å²) in [5.41, 5.74) is 4.50. The van der Waals surface area contributed by atoms with Crippen molar-refractivity contribution in [3.63, 3.8) is 0 Å². The van der Waals surface area contributed by atoms with Gasteiger partial charge in [0.25, 0.3) is 0 Å². The van der Waals surface area contributed by atoms with Gasteiger partial charge in [-0.05, 0) is 86.0 Å². The average molecular weight is 523 g/mol. The summed E-state index contributed by atoms with van der Waals surface area (Å²) < 4.78 is 5.89. The van der Waals surface area contributed by atoms with Gasteiger partial charge in [0.1, 0.15) is 11.5 Å². The monoisotopic (exact) mass is 522 g/mol. The number of hydrogen-bond acceptors (Lipinski definition) is 3. The van der Waals surface area contributed by atoms with Crippen molar-refractivity contribution in [1.29, 1.82) is 0 Å².